The number of rotatable bonds is 5. The van der Waals surface area contributed by atoms with Gasteiger partial charge in [0.1, 0.15) is 10.6 Å². The standard InChI is InChI=1S/C18H23NO3S/c1-13-11-12-16(17(22-5)14(13)2)23(20,21)19-18(3,4)15-9-7-6-8-10-15/h6-12,19H,1-5H3. The molecule has 0 unspecified atom stereocenters. The van der Waals surface area contributed by atoms with E-state index in [4.69, 9.17) is 4.74 Å². The topological polar surface area (TPSA) is 55.4 Å². The van der Waals surface area contributed by atoms with Crippen LogP contribution in [0.15, 0.2) is 47.4 Å². The fourth-order valence-corrected chi connectivity index (χ4v) is 4.16. The quantitative estimate of drug-likeness (QED) is 0.911. The van der Waals surface area contributed by atoms with E-state index in [1.807, 2.05) is 58.0 Å². The van der Waals surface area contributed by atoms with Gasteiger partial charge in [0, 0.05) is 0 Å². The average Bonchev–Trinajstić information content (AvgIpc) is 2.49. The lowest BCUT2D eigenvalue weighted by Crippen LogP contribution is -2.41. The minimum absolute atomic E-state index is 0.159. The van der Waals surface area contributed by atoms with Crippen LogP contribution in [-0.4, -0.2) is 15.5 Å². The summed E-state index contributed by atoms with van der Waals surface area (Å²) < 4.78 is 33.9. The Bertz CT molecular complexity index is 797. The average molecular weight is 333 g/mol. The Morgan fingerprint density at radius 1 is 1.00 bits per heavy atom. The molecule has 124 valence electrons. The molecular weight excluding hydrogens is 310 g/mol. The summed E-state index contributed by atoms with van der Waals surface area (Å²) in [6.07, 6.45) is 0. The summed E-state index contributed by atoms with van der Waals surface area (Å²) in [5.41, 5.74) is 1.98. The highest BCUT2D eigenvalue weighted by Gasteiger charge is 2.30. The van der Waals surface area contributed by atoms with E-state index in [1.54, 1.807) is 12.1 Å². The first-order chi connectivity index (χ1) is 10.7. The molecule has 0 saturated carbocycles. The zero-order valence-corrected chi connectivity index (χ0v) is 15.0. The van der Waals surface area contributed by atoms with Gasteiger partial charge in [0.05, 0.1) is 12.6 Å². The van der Waals surface area contributed by atoms with Crippen LogP contribution < -0.4 is 9.46 Å². The zero-order valence-electron chi connectivity index (χ0n) is 14.2. The first-order valence-electron chi connectivity index (χ1n) is 7.43. The summed E-state index contributed by atoms with van der Waals surface area (Å²) in [5.74, 6) is 0.390. The summed E-state index contributed by atoms with van der Waals surface area (Å²) in [4.78, 5) is 0.159. The van der Waals surface area contributed by atoms with E-state index < -0.39 is 15.6 Å². The van der Waals surface area contributed by atoms with Gasteiger partial charge >= 0.3 is 0 Å². The normalized spacial score (nSPS) is 12.2. The second kappa shape index (κ2) is 6.34. The molecule has 4 nitrogen and oxygen atoms in total. The SMILES string of the molecule is COc1c(S(=O)(=O)NC(C)(C)c2ccccc2)ccc(C)c1C. The molecule has 0 aliphatic heterocycles. The first-order valence-corrected chi connectivity index (χ1v) is 8.91. The molecule has 0 aliphatic rings. The van der Waals surface area contributed by atoms with E-state index in [0.29, 0.717) is 5.75 Å². The van der Waals surface area contributed by atoms with E-state index in [0.717, 1.165) is 16.7 Å². The molecular formula is C18H23NO3S. The van der Waals surface area contributed by atoms with Crippen LogP contribution >= 0.6 is 0 Å². The van der Waals surface area contributed by atoms with Gasteiger partial charge in [-0.1, -0.05) is 36.4 Å². The zero-order chi connectivity index (χ0) is 17.3. The summed E-state index contributed by atoms with van der Waals surface area (Å²) in [5, 5.41) is 0. The molecule has 0 aromatic heterocycles. The van der Waals surface area contributed by atoms with Crippen LogP contribution in [0.5, 0.6) is 5.75 Å². The van der Waals surface area contributed by atoms with Gasteiger partial charge in [-0.05, 0) is 50.5 Å². The molecule has 0 amide bonds. The Morgan fingerprint density at radius 2 is 1.61 bits per heavy atom. The van der Waals surface area contributed by atoms with Gasteiger partial charge in [-0.15, -0.1) is 0 Å². The summed E-state index contributed by atoms with van der Waals surface area (Å²) in [6, 6.07) is 12.9. The van der Waals surface area contributed by atoms with E-state index >= 15 is 0 Å². The van der Waals surface area contributed by atoms with Gasteiger partial charge in [-0.3, -0.25) is 0 Å². The molecule has 0 bridgehead atoms. The number of nitrogens with one attached hydrogen (secondary N) is 1. The molecule has 23 heavy (non-hydrogen) atoms. The van der Waals surface area contributed by atoms with Gasteiger partial charge in [-0.25, -0.2) is 13.1 Å². The van der Waals surface area contributed by atoms with Crippen LogP contribution in [0, 0.1) is 13.8 Å². The van der Waals surface area contributed by atoms with Crippen LogP contribution in [0.4, 0.5) is 0 Å². The Hall–Kier alpha value is -1.85. The Balaban J connectivity index is 2.46. The number of methoxy groups -OCH3 is 1. The van der Waals surface area contributed by atoms with Gasteiger partial charge in [0.15, 0.2) is 0 Å². The summed E-state index contributed by atoms with van der Waals surface area (Å²) >= 11 is 0. The lowest BCUT2D eigenvalue weighted by atomic mass is 9.96. The summed E-state index contributed by atoms with van der Waals surface area (Å²) in [7, 11) is -2.23. The fraction of sp³-hybridized carbons (Fsp3) is 0.333. The van der Waals surface area contributed by atoms with E-state index in [9.17, 15) is 8.42 Å². The van der Waals surface area contributed by atoms with E-state index in [1.165, 1.54) is 7.11 Å². The Labute approximate surface area is 138 Å². The number of hydrogen-bond acceptors (Lipinski definition) is 3. The second-order valence-corrected chi connectivity index (χ2v) is 7.79. The lowest BCUT2D eigenvalue weighted by Gasteiger charge is -2.27. The molecule has 0 radical (unpaired) electrons. The van der Waals surface area contributed by atoms with Crippen molar-refractivity contribution in [2.24, 2.45) is 0 Å². The van der Waals surface area contributed by atoms with Gasteiger partial charge < -0.3 is 4.74 Å². The largest absolute Gasteiger partial charge is 0.495 e. The first kappa shape index (κ1) is 17.5. The highest BCUT2D eigenvalue weighted by atomic mass is 32.2. The van der Waals surface area contributed by atoms with Crippen molar-refractivity contribution >= 4 is 10.0 Å². The Morgan fingerprint density at radius 3 is 2.17 bits per heavy atom. The maximum absolute atomic E-state index is 12.9. The highest BCUT2D eigenvalue weighted by molar-refractivity contribution is 7.89. The number of sulfonamides is 1. The molecule has 2 rings (SSSR count). The van der Waals surface area contributed by atoms with Crippen molar-refractivity contribution in [2.45, 2.75) is 38.1 Å². The van der Waals surface area contributed by atoms with Crippen LogP contribution in [0.25, 0.3) is 0 Å². The van der Waals surface area contributed by atoms with Crippen molar-refractivity contribution in [3.8, 4) is 5.75 Å². The smallest absolute Gasteiger partial charge is 0.245 e. The van der Waals surface area contributed by atoms with Crippen LogP contribution in [0.3, 0.4) is 0 Å². The minimum atomic E-state index is -3.72. The van der Waals surface area contributed by atoms with Crippen molar-refractivity contribution in [2.75, 3.05) is 7.11 Å². The Kier molecular flexibility index (Phi) is 4.82. The number of benzene rings is 2. The van der Waals surface area contributed by atoms with Crippen LogP contribution in [0.1, 0.15) is 30.5 Å². The van der Waals surface area contributed by atoms with Gasteiger partial charge in [0.25, 0.3) is 0 Å². The third kappa shape index (κ3) is 3.57. The van der Waals surface area contributed by atoms with Crippen molar-refractivity contribution in [3.05, 3.63) is 59.2 Å². The third-order valence-corrected chi connectivity index (χ3v) is 5.70. The van der Waals surface area contributed by atoms with Gasteiger partial charge in [-0.2, -0.15) is 0 Å². The molecule has 2 aromatic rings. The molecule has 2 aromatic carbocycles. The van der Waals surface area contributed by atoms with Crippen molar-refractivity contribution in [1.82, 2.24) is 4.72 Å². The molecule has 0 saturated heterocycles. The molecule has 0 spiro atoms. The second-order valence-electron chi connectivity index (χ2n) is 6.14. The minimum Gasteiger partial charge on any atom is -0.495 e. The molecule has 0 atom stereocenters. The van der Waals surface area contributed by atoms with Crippen molar-refractivity contribution in [1.29, 1.82) is 0 Å². The van der Waals surface area contributed by atoms with Crippen molar-refractivity contribution < 1.29 is 13.2 Å². The third-order valence-electron chi connectivity index (χ3n) is 4.02. The molecule has 0 fully saturated rings. The highest BCUT2D eigenvalue weighted by Crippen LogP contribution is 2.31. The predicted molar refractivity (Wildman–Crippen MR) is 92.3 cm³/mol. The molecule has 5 heteroatoms. The lowest BCUT2D eigenvalue weighted by molar-refractivity contribution is 0.397. The maximum atomic E-state index is 12.9. The predicted octanol–water partition coefficient (Wildman–Crippen LogP) is 3.53. The van der Waals surface area contributed by atoms with E-state index in [2.05, 4.69) is 4.72 Å². The van der Waals surface area contributed by atoms with Crippen molar-refractivity contribution in [3.63, 3.8) is 0 Å². The fourth-order valence-electron chi connectivity index (χ4n) is 2.54. The molecule has 1 N–H and O–H groups in total. The number of aryl methyl sites for hydroxylation is 1. The maximum Gasteiger partial charge on any atom is 0.245 e. The molecule has 0 heterocycles. The van der Waals surface area contributed by atoms with Crippen LogP contribution in [0.2, 0.25) is 0 Å². The monoisotopic (exact) mass is 333 g/mol. The van der Waals surface area contributed by atoms with Gasteiger partial charge in [0.2, 0.25) is 10.0 Å². The summed E-state index contributed by atoms with van der Waals surface area (Å²) in [6.45, 7) is 7.46. The number of hydrogen-bond donors (Lipinski definition) is 1. The van der Waals surface area contributed by atoms with Crippen LogP contribution in [-0.2, 0) is 15.6 Å². The van der Waals surface area contributed by atoms with E-state index in [-0.39, 0.29) is 4.90 Å². The molecule has 0 aliphatic carbocycles. The number of ether oxygens (including phenoxy) is 1.